The highest BCUT2D eigenvalue weighted by atomic mass is 32.4. The summed E-state index contributed by atoms with van der Waals surface area (Å²) in [5.41, 5.74) is 1.54. The van der Waals surface area contributed by atoms with Gasteiger partial charge in [0.2, 0.25) is 6.42 Å². The van der Waals surface area contributed by atoms with Crippen molar-refractivity contribution in [2.45, 2.75) is 19.9 Å². The topological polar surface area (TPSA) is 80.6 Å². The molecule has 0 saturated carbocycles. The van der Waals surface area contributed by atoms with E-state index in [1.807, 2.05) is 37.3 Å². The van der Waals surface area contributed by atoms with Crippen LogP contribution in [0.1, 0.15) is 12.5 Å². The maximum Gasteiger partial charge on any atom is 0.320 e. The van der Waals surface area contributed by atoms with Crippen molar-refractivity contribution in [3.63, 3.8) is 0 Å². The van der Waals surface area contributed by atoms with Crippen LogP contribution in [0.3, 0.4) is 0 Å². The number of aryl methyl sites for hydroxylation is 1. The second kappa shape index (κ2) is 8.74. The summed E-state index contributed by atoms with van der Waals surface area (Å²) >= 11 is 5.77. The van der Waals surface area contributed by atoms with Crippen molar-refractivity contribution in [1.82, 2.24) is 9.65 Å². The van der Waals surface area contributed by atoms with Gasteiger partial charge in [-0.15, -0.1) is 0 Å². The molecule has 3 aromatic rings. The molecule has 1 aromatic heterocycles. The molecule has 0 fully saturated rings. The van der Waals surface area contributed by atoms with Gasteiger partial charge in [0.25, 0.3) is 5.56 Å². The second-order valence-corrected chi connectivity index (χ2v) is 10.2. The highest BCUT2D eigenvalue weighted by Gasteiger charge is 2.27. The van der Waals surface area contributed by atoms with E-state index in [9.17, 15) is 14.7 Å². The van der Waals surface area contributed by atoms with Crippen molar-refractivity contribution < 1.29 is 14.4 Å². The molecule has 3 rings (SSSR count). The Hall–Kier alpha value is -2.73. The summed E-state index contributed by atoms with van der Waals surface area (Å²) in [5.74, 6) is -0.514. The van der Waals surface area contributed by atoms with Crippen LogP contribution < -0.4 is 20.5 Å². The van der Waals surface area contributed by atoms with Gasteiger partial charge in [0, 0.05) is 23.3 Å². The molecule has 0 saturated heterocycles. The first-order chi connectivity index (χ1) is 13.8. The molecule has 0 radical (unpaired) electrons. The first kappa shape index (κ1) is 21.0. The Kier molecular flexibility index (Phi) is 6.33. The van der Waals surface area contributed by atoms with E-state index < -0.39 is 18.4 Å². The van der Waals surface area contributed by atoms with Gasteiger partial charge < -0.3 is 9.63 Å². The summed E-state index contributed by atoms with van der Waals surface area (Å²) in [4.78, 5) is 23.5. The summed E-state index contributed by atoms with van der Waals surface area (Å²) in [7, 11) is 0. The zero-order valence-corrected chi connectivity index (χ0v) is 17.7. The predicted octanol–water partition coefficient (Wildman–Crippen LogP) is 3.22. The number of carbonyl (C=O) groups is 1. The number of hydrogen-bond acceptors (Lipinski definition) is 4. The number of carboxylic acid groups (broad SMARTS) is 1. The molecule has 2 aromatic carbocycles. The van der Waals surface area contributed by atoms with Crippen LogP contribution in [0.5, 0.6) is 5.75 Å². The van der Waals surface area contributed by atoms with Crippen LogP contribution in [0.2, 0.25) is 0 Å². The van der Waals surface area contributed by atoms with E-state index in [-0.39, 0.29) is 5.56 Å². The molecule has 150 valence electrons. The lowest BCUT2D eigenvalue weighted by molar-refractivity contribution is -0.138. The van der Waals surface area contributed by atoms with Gasteiger partial charge >= 0.3 is 5.97 Å². The van der Waals surface area contributed by atoms with E-state index in [0.717, 1.165) is 10.9 Å². The highest BCUT2D eigenvalue weighted by molar-refractivity contribution is 8.15. The van der Waals surface area contributed by atoms with Gasteiger partial charge in [0.1, 0.15) is 11.8 Å². The maximum absolute atomic E-state index is 12.1. The Morgan fingerprint density at radius 3 is 2.38 bits per heavy atom. The third-order valence-corrected chi connectivity index (χ3v) is 7.58. The minimum Gasteiger partial charge on any atom is -0.480 e. The number of carboxylic acids is 1. The van der Waals surface area contributed by atoms with Crippen LogP contribution in [-0.4, -0.2) is 21.7 Å². The molecule has 0 bridgehead atoms. The zero-order valence-electron chi connectivity index (χ0n) is 16.0. The number of nitrogens with zero attached hydrogens (tertiary/aromatic N) is 1. The van der Waals surface area contributed by atoms with Crippen LogP contribution in [0, 0.1) is 6.92 Å². The van der Waals surface area contributed by atoms with E-state index in [4.69, 9.17) is 16.3 Å². The van der Waals surface area contributed by atoms with Crippen molar-refractivity contribution in [3.05, 3.63) is 88.8 Å². The molecule has 0 aliphatic rings. The molecule has 0 amide bonds. The van der Waals surface area contributed by atoms with Gasteiger partial charge in [0.15, 0.2) is 0 Å². The number of benzene rings is 2. The Morgan fingerprint density at radius 2 is 1.76 bits per heavy atom. The van der Waals surface area contributed by atoms with Crippen LogP contribution in [0.4, 0.5) is 0 Å². The van der Waals surface area contributed by atoms with Crippen molar-refractivity contribution in [3.8, 4) is 11.4 Å². The Labute approximate surface area is 173 Å². The number of rotatable bonds is 7. The number of nitrogens with one attached hydrogen (secondary N) is 1. The molecule has 2 N–H and O–H groups in total. The van der Waals surface area contributed by atoms with Crippen molar-refractivity contribution in [2.24, 2.45) is 0 Å². The third kappa shape index (κ3) is 5.01. The van der Waals surface area contributed by atoms with Gasteiger partial charge in [-0.25, -0.2) is 5.09 Å². The summed E-state index contributed by atoms with van der Waals surface area (Å²) < 4.78 is 7.67. The summed E-state index contributed by atoms with van der Waals surface area (Å²) in [5, 5.41) is 13.0. The Morgan fingerprint density at radius 1 is 1.10 bits per heavy atom. The van der Waals surface area contributed by atoms with Crippen LogP contribution in [0.15, 0.2) is 77.7 Å². The lowest BCUT2D eigenvalue weighted by atomic mass is 10.2. The molecule has 0 aliphatic carbocycles. The van der Waals surface area contributed by atoms with E-state index in [1.54, 1.807) is 41.1 Å². The van der Waals surface area contributed by atoms with E-state index in [0.29, 0.717) is 11.4 Å². The molecule has 6 nitrogen and oxygen atoms in total. The molecular weight excluding hydrogens is 407 g/mol. The second-order valence-electron chi connectivity index (χ2n) is 6.58. The van der Waals surface area contributed by atoms with Gasteiger partial charge in [-0.2, -0.15) is 0 Å². The summed E-state index contributed by atoms with van der Waals surface area (Å²) in [6, 6.07) is 18.6. The SMILES string of the molecule is Cc1ccc(=O)n(-c2ccc(OP(=S)(N[C@@H](C)C(=O)O)c3ccccc3)cc2)c1. The first-order valence-electron chi connectivity index (χ1n) is 8.94. The average molecular weight is 428 g/mol. The Balaban J connectivity index is 1.92. The van der Waals surface area contributed by atoms with Crippen molar-refractivity contribution in [1.29, 1.82) is 0 Å². The van der Waals surface area contributed by atoms with Crippen LogP contribution >= 0.6 is 6.42 Å². The summed E-state index contributed by atoms with van der Waals surface area (Å²) in [6.45, 7) is 3.45. The summed E-state index contributed by atoms with van der Waals surface area (Å²) in [6.07, 6.45) is -1.11. The maximum atomic E-state index is 12.1. The molecule has 8 heteroatoms. The molecule has 1 heterocycles. The molecule has 0 spiro atoms. The standard InChI is InChI=1S/C21H21N2O4PS/c1-15-8-13-20(24)23(14-15)17-9-11-18(12-10-17)27-28(29,22-16(2)21(25)26)19-6-4-3-5-7-19/h3-14,16H,1-2H3,(H,22,29)(H,25,26)/t16-,28?/m0/s1. The smallest absolute Gasteiger partial charge is 0.320 e. The molecule has 0 aliphatic heterocycles. The number of aliphatic carboxylic acids is 1. The lowest BCUT2D eigenvalue weighted by Crippen LogP contribution is -2.35. The molecule has 1 unspecified atom stereocenters. The lowest BCUT2D eigenvalue weighted by Gasteiger charge is -2.26. The van der Waals surface area contributed by atoms with Gasteiger partial charge in [-0.1, -0.05) is 24.3 Å². The van der Waals surface area contributed by atoms with Crippen LogP contribution in [-0.2, 0) is 16.6 Å². The fourth-order valence-electron chi connectivity index (χ4n) is 2.70. The number of hydrogen-bond donors (Lipinski definition) is 2. The van der Waals surface area contributed by atoms with Crippen LogP contribution in [0.25, 0.3) is 5.69 Å². The van der Waals surface area contributed by atoms with Crippen molar-refractivity contribution >= 4 is 29.5 Å². The number of aromatic nitrogens is 1. The number of pyridine rings is 1. The minimum atomic E-state index is -2.87. The van der Waals surface area contributed by atoms with E-state index >= 15 is 0 Å². The fourth-order valence-corrected chi connectivity index (χ4v) is 5.71. The van der Waals surface area contributed by atoms with Gasteiger partial charge in [-0.05, 0) is 67.6 Å². The predicted molar refractivity (Wildman–Crippen MR) is 118 cm³/mol. The monoisotopic (exact) mass is 428 g/mol. The zero-order chi connectivity index (χ0) is 21.0. The quantitative estimate of drug-likeness (QED) is 0.563. The fraction of sp³-hybridized carbons (Fsp3) is 0.143. The molecule has 29 heavy (non-hydrogen) atoms. The minimum absolute atomic E-state index is 0.129. The average Bonchev–Trinajstić information content (AvgIpc) is 2.71. The van der Waals surface area contributed by atoms with E-state index in [1.165, 1.54) is 13.0 Å². The van der Waals surface area contributed by atoms with Crippen molar-refractivity contribution in [2.75, 3.05) is 0 Å². The third-order valence-electron chi connectivity index (χ3n) is 4.24. The normalized spacial score (nSPS) is 14.0. The van der Waals surface area contributed by atoms with Gasteiger partial charge in [-0.3, -0.25) is 14.2 Å². The largest absolute Gasteiger partial charge is 0.480 e. The molecule has 2 atom stereocenters. The highest BCUT2D eigenvalue weighted by Crippen LogP contribution is 2.43. The first-order valence-corrected chi connectivity index (χ1v) is 11.7. The van der Waals surface area contributed by atoms with Gasteiger partial charge in [0.05, 0.1) is 0 Å². The Bertz CT molecular complexity index is 1110. The van der Waals surface area contributed by atoms with E-state index in [2.05, 4.69) is 5.09 Å². The molecular formula is C21H21N2O4PS.